The van der Waals surface area contributed by atoms with Gasteiger partial charge in [-0.3, -0.25) is 4.79 Å². The normalized spacial score (nSPS) is 15.0. The summed E-state index contributed by atoms with van der Waals surface area (Å²) in [5.74, 6) is 1.27. The summed E-state index contributed by atoms with van der Waals surface area (Å²) in [7, 11) is 0. The molecule has 4 nitrogen and oxygen atoms in total. The summed E-state index contributed by atoms with van der Waals surface area (Å²) in [6.45, 7) is 3.79. The number of aryl methyl sites for hydroxylation is 2. The van der Waals surface area contributed by atoms with Crippen LogP contribution >= 0.6 is 11.6 Å². The number of H-pyrrole nitrogens is 1. The molecule has 0 unspecified atom stereocenters. The van der Waals surface area contributed by atoms with Gasteiger partial charge in [0.2, 0.25) is 5.88 Å². The van der Waals surface area contributed by atoms with Crippen LogP contribution in [-0.2, 0) is 0 Å². The third-order valence-corrected chi connectivity index (χ3v) is 5.53. The van der Waals surface area contributed by atoms with E-state index < -0.39 is 0 Å². The van der Waals surface area contributed by atoms with E-state index in [4.69, 9.17) is 16.3 Å². The highest BCUT2D eigenvalue weighted by atomic mass is 35.5. The standard InChI is InChI=1S/C23H17ClN2O2/c1-12-7-9-14(10-8-12)19-17-11-18(24)15-5-3-4-6-16(15)21(17)28-23-20(19)22(27)25-13(2)26-23/h3-11,19H,1-2H3,(H,25,26,27)/t19-/m1/s1. The van der Waals surface area contributed by atoms with Crippen LogP contribution in [0.5, 0.6) is 11.6 Å². The molecular weight excluding hydrogens is 372 g/mol. The van der Waals surface area contributed by atoms with Crippen molar-refractivity contribution in [3.63, 3.8) is 0 Å². The lowest BCUT2D eigenvalue weighted by atomic mass is 9.82. The minimum Gasteiger partial charge on any atom is -0.437 e. The van der Waals surface area contributed by atoms with Gasteiger partial charge in [0.05, 0.1) is 5.56 Å². The summed E-state index contributed by atoms with van der Waals surface area (Å²) in [5.41, 5.74) is 3.34. The van der Waals surface area contributed by atoms with E-state index in [1.54, 1.807) is 6.92 Å². The lowest BCUT2D eigenvalue weighted by molar-refractivity contribution is 0.433. The second-order valence-corrected chi connectivity index (χ2v) is 7.55. The zero-order chi connectivity index (χ0) is 19.4. The third-order valence-electron chi connectivity index (χ3n) is 5.22. The summed E-state index contributed by atoms with van der Waals surface area (Å²) < 4.78 is 6.19. The topological polar surface area (TPSA) is 55.0 Å². The second-order valence-electron chi connectivity index (χ2n) is 7.14. The molecule has 1 aromatic heterocycles. The fourth-order valence-corrected chi connectivity index (χ4v) is 4.19. The van der Waals surface area contributed by atoms with Crippen LogP contribution in [0.4, 0.5) is 0 Å². The van der Waals surface area contributed by atoms with Gasteiger partial charge >= 0.3 is 0 Å². The molecule has 0 fully saturated rings. The summed E-state index contributed by atoms with van der Waals surface area (Å²) in [4.78, 5) is 20.2. The highest BCUT2D eigenvalue weighted by molar-refractivity contribution is 6.36. The molecule has 0 amide bonds. The number of rotatable bonds is 1. The molecular formula is C23H17ClN2O2. The molecule has 0 aliphatic carbocycles. The van der Waals surface area contributed by atoms with Gasteiger partial charge in [0.15, 0.2) is 0 Å². The Labute approximate surface area is 166 Å². The number of fused-ring (bicyclic) bond motifs is 4. The number of ether oxygens (including phenoxy) is 1. The Hall–Kier alpha value is -3.11. The van der Waals surface area contributed by atoms with Crippen LogP contribution in [-0.4, -0.2) is 9.97 Å². The molecule has 1 atom stereocenters. The van der Waals surface area contributed by atoms with Crippen molar-refractivity contribution >= 4 is 22.4 Å². The Morgan fingerprint density at radius 2 is 1.75 bits per heavy atom. The fraction of sp³-hybridized carbons (Fsp3) is 0.130. The number of nitrogens with one attached hydrogen (secondary N) is 1. The van der Waals surface area contributed by atoms with E-state index in [1.807, 2.05) is 61.5 Å². The van der Waals surface area contributed by atoms with Crippen LogP contribution in [0.15, 0.2) is 59.4 Å². The third kappa shape index (κ3) is 2.53. The van der Waals surface area contributed by atoms with Gasteiger partial charge in [-0.1, -0.05) is 65.7 Å². The van der Waals surface area contributed by atoms with E-state index in [9.17, 15) is 4.79 Å². The molecule has 0 saturated carbocycles. The largest absolute Gasteiger partial charge is 0.437 e. The molecule has 3 aromatic carbocycles. The van der Waals surface area contributed by atoms with E-state index in [0.717, 1.165) is 27.5 Å². The minimum atomic E-state index is -0.307. The van der Waals surface area contributed by atoms with Gasteiger partial charge in [0, 0.05) is 27.3 Å². The Kier molecular flexibility index (Phi) is 3.78. The van der Waals surface area contributed by atoms with Crippen molar-refractivity contribution < 1.29 is 4.74 Å². The lowest BCUT2D eigenvalue weighted by Crippen LogP contribution is -2.24. The number of aromatic amines is 1. The van der Waals surface area contributed by atoms with Crippen molar-refractivity contribution in [1.29, 1.82) is 0 Å². The van der Waals surface area contributed by atoms with E-state index in [-0.39, 0.29) is 11.5 Å². The van der Waals surface area contributed by atoms with Gasteiger partial charge in [-0.2, -0.15) is 4.98 Å². The van der Waals surface area contributed by atoms with Gasteiger partial charge in [0.1, 0.15) is 11.6 Å². The molecule has 138 valence electrons. The minimum absolute atomic E-state index is 0.192. The van der Waals surface area contributed by atoms with Crippen LogP contribution in [0.1, 0.15) is 34.0 Å². The first kappa shape index (κ1) is 17.0. The predicted octanol–water partition coefficient (Wildman–Crippen LogP) is 5.48. The Bertz CT molecular complexity index is 1290. The molecule has 28 heavy (non-hydrogen) atoms. The first-order valence-corrected chi connectivity index (χ1v) is 9.47. The number of halogens is 1. The maximum Gasteiger partial charge on any atom is 0.258 e. The second kappa shape index (κ2) is 6.21. The van der Waals surface area contributed by atoms with Gasteiger partial charge in [0.25, 0.3) is 5.56 Å². The summed E-state index contributed by atoms with van der Waals surface area (Å²) in [6, 6.07) is 17.9. The zero-order valence-corrected chi connectivity index (χ0v) is 16.2. The zero-order valence-electron chi connectivity index (χ0n) is 15.4. The molecule has 1 aliphatic heterocycles. The van der Waals surface area contributed by atoms with Crippen molar-refractivity contribution in [2.45, 2.75) is 19.8 Å². The van der Waals surface area contributed by atoms with Gasteiger partial charge in [-0.05, 0) is 25.5 Å². The number of hydrogen-bond acceptors (Lipinski definition) is 3. The molecule has 1 aliphatic rings. The van der Waals surface area contributed by atoms with Crippen LogP contribution in [0.3, 0.4) is 0 Å². The molecule has 1 N–H and O–H groups in total. The predicted molar refractivity (Wildman–Crippen MR) is 111 cm³/mol. The maximum atomic E-state index is 12.9. The van der Waals surface area contributed by atoms with Crippen molar-refractivity contribution in [1.82, 2.24) is 9.97 Å². The Morgan fingerprint density at radius 3 is 2.50 bits per heavy atom. The fourth-order valence-electron chi connectivity index (χ4n) is 3.91. The summed E-state index contributed by atoms with van der Waals surface area (Å²) >= 11 is 6.61. The van der Waals surface area contributed by atoms with Crippen molar-refractivity contribution in [3.8, 4) is 11.6 Å². The van der Waals surface area contributed by atoms with Crippen LogP contribution in [0, 0.1) is 13.8 Å². The molecule has 0 saturated heterocycles. The number of nitrogens with zero attached hydrogens (tertiary/aromatic N) is 1. The SMILES string of the molecule is Cc1ccc([C@@H]2c3cc(Cl)c4ccccc4c3Oc3nc(C)[nH]c(=O)c32)cc1. The van der Waals surface area contributed by atoms with Crippen LogP contribution < -0.4 is 10.3 Å². The number of benzene rings is 3. The average Bonchev–Trinajstić information content (AvgIpc) is 2.68. The van der Waals surface area contributed by atoms with Crippen LogP contribution in [0.2, 0.25) is 5.02 Å². The number of aromatic nitrogens is 2. The van der Waals surface area contributed by atoms with Crippen molar-refractivity contribution in [3.05, 3.63) is 98.1 Å². The van der Waals surface area contributed by atoms with Gasteiger partial charge < -0.3 is 9.72 Å². The maximum absolute atomic E-state index is 12.9. The molecule has 4 aromatic rings. The monoisotopic (exact) mass is 388 g/mol. The van der Waals surface area contributed by atoms with Crippen LogP contribution in [0.25, 0.3) is 10.8 Å². The summed E-state index contributed by atoms with van der Waals surface area (Å²) in [5, 5.41) is 2.46. The first-order chi connectivity index (χ1) is 13.5. The lowest BCUT2D eigenvalue weighted by Gasteiger charge is -2.28. The molecule has 0 bridgehead atoms. The highest BCUT2D eigenvalue weighted by Crippen LogP contribution is 2.49. The Balaban J connectivity index is 1.88. The smallest absolute Gasteiger partial charge is 0.258 e. The van der Waals surface area contributed by atoms with Gasteiger partial charge in [-0.15, -0.1) is 0 Å². The summed E-state index contributed by atoms with van der Waals surface area (Å²) in [6.07, 6.45) is 0. The van der Waals surface area contributed by atoms with Crippen molar-refractivity contribution in [2.24, 2.45) is 0 Å². The number of hydrogen-bond donors (Lipinski definition) is 1. The first-order valence-electron chi connectivity index (χ1n) is 9.09. The van der Waals surface area contributed by atoms with E-state index in [2.05, 4.69) is 9.97 Å². The van der Waals surface area contributed by atoms with E-state index in [1.165, 1.54) is 0 Å². The van der Waals surface area contributed by atoms with E-state index in [0.29, 0.717) is 28.0 Å². The molecule has 2 heterocycles. The van der Waals surface area contributed by atoms with Crippen molar-refractivity contribution in [2.75, 3.05) is 0 Å². The molecule has 5 heteroatoms. The van der Waals surface area contributed by atoms with E-state index >= 15 is 0 Å². The highest BCUT2D eigenvalue weighted by Gasteiger charge is 2.34. The van der Waals surface area contributed by atoms with Gasteiger partial charge in [-0.25, -0.2) is 0 Å². The molecule has 0 spiro atoms. The molecule has 0 radical (unpaired) electrons. The quantitative estimate of drug-likeness (QED) is 0.413. The Morgan fingerprint density at radius 1 is 1.04 bits per heavy atom. The average molecular weight is 389 g/mol. The molecule has 5 rings (SSSR count).